The second-order valence-electron chi connectivity index (χ2n) is 9.12. The molecular formula is C28H35FN4O6S. The number of nitrogens with zero attached hydrogens (tertiary/aromatic N) is 1. The Kier molecular flexibility index (Phi) is 13.2. The summed E-state index contributed by atoms with van der Waals surface area (Å²) in [6.45, 7) is 6.60. The molecule has 0 saturated heterocycles. The van der Waals surface area contributed by atoms with Crippen LogP contribution in [0, 0.1) is 5.82 Å². The van der Waals surface area contributed by atoms with Crippen LogP contribution in [0.4, 0.5) is 4.39 Å². The van der Waals surface area contributed by atoms with Crippen molar-refractivity contribution in [3.8, 4) is 0 Å². The minimum atomic E-state index is -1.21. The van der Waals surface area contributed by atoms with E-state index >= 15 is 0 Å². The number of allylic oxidation sites excluding steroid dienone is 3. The first-order valence-corrected chi connectivity index (χ1v) is 13.9. The molecule has 0 fully saturated rings. The van der Waals surface area contributed by atoms with E-state index in [1.807, 2.05) is 6.92 Å². The maximum absolute atomic E-state index is 14.3. The summed E-state index contributed by atoms with van der Waals surface area (Å²) >= 11 is 1.21. The molecule has 0 aliphatic carbocycles. The van der Waals surface area contributed by atoms with Crippen LogP contribution in [0.25, 0.3) is 0 Å². The summed E-state index contributed by atoms with van der Waals surface area (Å²) in [5.74, 6) is -3.12. The number of cyclic esters (lactones) is 1. The highest BCUT2D eigenvalue weighted by Crippen LogP contribution is 2.13. The monoisotopic (exact) mass is 574 g/mol. The fraction of sp³-hybridized carbons (Fsp3) is 0.429. The third kappa shape index (κ3) is 10.8. The van der Waals surface area contributed by atoms with Crippen LogP contribution >= 0.6 is 11.8 Å². The Bertz CT molecular complexity index is 1210. The number of fused-ring (bicyclic) bond motifs is 2. The Balaban J connectivity index is 2.36. The van der Waals surface area contributed by atoms with Crippen molar-refractivity contribution in [1.82, 2.24) is 20.9 Å². The van der Waals surface area contributed by atoms with Gasteiger partial charge in [-0.05, 0) is 51.8 Å². The number of pyridine rings is 1. The van der Waals surface area contributed by atoms with E-state index in [9.17, 15) is 28.4 Å². The molecule has 1 aliphatic heterocycles. The number of thioether (sulfide) groups is 1. The Morgan fingerprint density at radius 3 is 2.62 bits per heavy atom. The fourth-order valence-electron chi connectivity index (χ4n) is 3.48. The second-order valence-corrected chi connectivity index (χ2v) is 10.3. The van der Waals surface area contributed by atoms with Gasteiger partial charge in [-0.1, -0.05) is 42.5 Å². The van der Waals surface area contributed by atoms with Gasteiger partial charge in [0.1, 0.15) is 29.4 Å². The predicted molar refractivity (Wildman–Crippen MR) is 149 cm³/mol. The average molecular weight is 575 g/mol. The van der Waals surface area contributed by atoms with E-state index in [1.54, 1.807) is 26.0 Å². The molecule has 0 aromatic carbocycles. The van der Waals surface area contributed by atoms with Gasteiger partial charge in [-0.2, -0.15) is 0 Å². The van der Waals surface area contributed by atoms with Gasteiger partial charge in [0.2, 0.25) is 5.91 Å². The van der Waals surface area contributed by atoms with Crippen molar-refractivity contribution >= 4 is 40.6 Å². The molecule has 3 N–H and O–H groups in total. The van der Waals surface area contributed by atoms with Crippen molar-refractivity contribution in [2.75, 3.05) is 5.75 Å². The van der Waals surface area contributed by atoms with Gasteiger partial charge in [0.05, 0.1) is 18.7 Å². The van der Waals surface area contributed by atoms with Gasteiger partial charge >= 0.3 is 5.97 Å². The van der Waals surface area contributed by atoms with E-state index in [-0.39, 0.29) is 35.2 Å². The molecule has 0 unspecified atom stereocenters. The van der Waals surface area contributed by atoms with Gasteiger partial charge in [-0.25, -0.2) is 14.2 Å². The first-order chi connectivity index (χ1) is 19.0. The maximum Gasteiger partial charge on any atom is 0.333 e. The summed E-state index contributed by atoms with van der Waals surface area (Å²) in [7, 11) is 0. The van der Waals surface area contributed by atoms with Crippen molar-refractivity contribution in [3.05, 3.63) is 64.9 Å². The van der Waals surface area contributed by atoms with Crippen LogP contribution in [0.5, 0.6) is 0 Å². The normalized spacial score (nSPS) is 20.0. The van der Waals surface area contributed by atoms with E-state index in [4.69, 9.17) is 4.74 Å². The molecule has 216 valence electrons. The number of carbonyl (C=O) groups is 5. The van der Waals surface area contributed by atoms with E-state index in [0.717, 1.165) is 18.6 Å². The summed E-state index contributed by atoms with van der Waals surface area (Å²) < 4.78 is 19.9. The molecule has 2 rings (SSSR count). The smallest absolute Gasteiger partial charge is 0.333 e. The summed E-state index contributed by atoms with van der Waals surface area (Å²) in [4.78, 5) is 67.2. The topological polar surface area (TPSA) is 144 Å². The number of hydrogen-bond acceptors (Lipinski definition) is 8. The molecule has 0 spiro atoms. The predicted octanol–water partition coefficient (Wildman–Crippen LogP) is 3.24. The van der Waals surface area contributed by atoms with Gasteiger partial charge in [0.15, 0.2) is 5.12 Å². The maximum atomic E-state index is 14.3. The number of aromatic nitrogens is 1. The van der Waals surface area contributed by atoms with Gasteiger partial charge in [-0.15, -0.1) is 0 Å². The minimum absolute atomic E-state index is 0.0910. The van der Waals surface area contributed by atoms with E-state index in [0.29, 0.717) is 24.2 Å². The highest BCUT2D eigenvalue weighted by Gasteiger charge is 2.26. The molecular weight excluding hydrogens is 539 g/mol. The Morgan fingerprint density at radius 2 is 1.95 bits per heavy atom. The van der Waals surface area contributed by atoms with Crippen LogP contribution in [-0.2, 0) is 30.5 Å². The number of carbonyl (C=O) groups excluding carboxylic acids is 5. The highest BCUT2D eigenvalue weighted by molar-refractivity contribution is 8.13. The summed E-state index contributed by atoms with van der Waals surface area (Å²) in [5.41, 5.74) is 0.219. The lowest BCUT2D eigenvalue weighted by Crippen LogP contribution is -2.45. The molecule has 3 amide bonds. The van der Waals surface area contributed by atoms with Crippen LogP contribution in [0.2, 0.25) is 0 Å². The average Bonchev–Trinajstić information content (AvgIpc) is 2.89. The molecule has 2 heterocycles. The number of nitrogens with one attached hydrogen (secondary N) is 3. The zero-order valence-corrected chi connectivity index (χ0v) is 23.9. The lowest BCUT2D eigenvalue weighted by molar-refractivity contribution is -0.150. The molecule has 0 saturated carbocycles. The van der Waals surface area contributed by atoms with Crippen molar-refractivity contribution in [2.24, 2.45) is 0 Å². The molecule has 40 heavy (non-hydrogen) atoms. The summed E-state index contributed by atoms with van der Waals surface area (Å²) in [5, 5.41) is 7.57. The Labute approximate surface area is 237 Å². The number of halogens is 1. The molecule has 12 heteroatoms. The Morgan fingerprint density at radius 1 is 1.20 bits per heavy atom. The lowest BCUT2D eigenvalue weighted by atomic mass is 10.1. The first-order valence-electron chi connectivity index (χ1n) is 12.9. The fourth-order valence-corrected chi connectivity index (χ4v) is 4.31. The molecule has 2 atom stereocenters. The zero-order chi connectivity index (χ0) is 29.7. The zero-order valence-electron chi connectivity index (χ0n) is 23.0. The SMILES string of the molecule is C/C=C1\NC(=O)c2ccc(F)c(n2)CNC(=O)C[C@@H](/C=C/CCSC(=O)CCC)OC(=O)[C@H](C=C(C)C)NC1=O. The van der Waals surface area contributed by atoms with Crippen LogP contribution < -0.4 is 16.0 Å². The molecule has 1 aromatic rings. The second kappa shape index (κ2) is 16.3. The highest BCUT2D eigenvalue weighted by atomic mass is 32.2. The standard InChI is InChI=1S/C28H35FN4O6S/c1-5-9-25(35)40-13-8-7-10-18-15-24(34)30-16-23-19(29)11-12-21(31-23)27(37)32-20(6-2)26(36)33-22(14-17(3)4)28(38)39-18/h6-7,10-12,14,18,22H,5,8-9,13,15-16H2,1-4H3,(H,30,34)(H,32,37)(H,33,36)/b10-7+,20-6-/t18-,22+/m1/s1. The number of amides is 3. The largest absolute Gasteiger partial charge is 0.456 e. The molecule has 1 aliphatic rings. The van der Waals surface area contributed by atoms with E-state index in [1.165, 1.54) is 30.8 Å². The lowest BCUT2D eigenvalue weighted by Gasteiger charge is -2.21. The van der Waals surface area contributed by atoms with Crippen molar-refractivity contribution in [3.63, 3.8) is 0 Å². The van der Waals surface area contributed by atoms with Crippen LogP contribution in [0.3, 0.4) is 0 Å². The van der Waals surface area contributed by atoms with E-state index < -0.39 is 41.7 Å². The van der Waals surface area contributed by atoms with Gasteiger partial charge in [0, 0.05) is 12.2 Å². The summed E-state index contributed by atoms with van der Waals surface area (Å²) in [6, 6.07) is 0.986. The number of rotatable bonds is 7. The number of esters is 1. The molecule has 2 bridgehead atoms. The van der Waals surface area contributed by atoms with Gasteiger partial charge in [-0.3, -0.25) is 19.2 Å². The van der Waals surface area contributed by atoms with Crippen LogP contribution in [0.15, 0.2) is 47.7 Å². The molecule has 10 nitrogen and oxygen atoms in total. The first kappa shape index (κ1) is 32.4. The third-order valence-corrected chi connectivity index (χ3v) is 6.40. The third-order valence-electron chi connectivity index (χ3n) is 5.43. The van der Waals surface area contributed by atoms with Gasteiger partial charge in [0.25, 0.3) is 11.8 Å². The van der Waals surface area contributed by atoms with Gasteiger partial charge < -0.3 is 20.7 Å². The Hall–Kier alpha value is -3.80. The number of ether oxygens (including phenoxy) is 1. The van der Waals surface area contributed by atoms with Crippen molar-refractivity contribution < 1.29 is 33.1 Å². The van der Waals surface area contributed by atoms with Crippen molar-refractivity contribution in [2.45, 2.75) is 72.1 Å². The van der Waals surface area contributed by atoms with Crippen LogP contribution in [-0.4, -0.2) is 51.7 Å². The summed E-state index contributed by atoms with van der Waals surface area (Å²) in [6.07, 6.45) is 6.55. The molecule has 0 radical (unpaired) electrons. The quantitative estimate of drug-likeness (QED) is 0.195. The minimum Gasteiger partial charge on any atom is -0.456 e. The van der Waals surface area contributed by atoms with Crippen LogP contribution in [0.1, 0.15) is 69.6 Å². The van der Waals surface area contributed by atoms with Crippen molar-refractivity contribution in [1.29, 1.82) is 0 Å². The number of hydrogen-bond donors (Lipinski definition) is 3. The van der Waals surface area contributed by atoms with E-state index in [2.05, 4.69) is 20.9 Å². The molecule has 1 aromatic heterocycles.